The van der Waals surface area contributed by atoms with Crippen LogP contribution in [0.1, 0.15) is 18.4 Å². The standard InChI is InChI=1S/C18H19ClFN3O3S/c19-16-5-2-6-17(20)15(16)10-23(13-7-8-13)11-18(24)22-12-3-1-4-14(9-12)27(21,25)26/h1-6,9,13H,7-8,10-11H2,(H,22,24)(H2,21,25,26). The van der Waals surface area contributed by atoms with E-state index in [0.717, 1.165) is 12.8 Å². The lowest BCUT2D eigenvalue weighted by Gasteiger charge is -2.22. The molecule has 3 N–H and O–H groups in total. The highest BCUT2D eigenvalue weighted by Crippen LogP contribution is 2.30. The Balaban J connectivity index is 1.70. The fourth-order valence-corrected chi connectivity index (χ4v) is 3.56. The van der Waals surface area contributed by atoms with Gasteiger partial charge in [0.15, 0.2) is 0 Å². The largest absolute Gasteiger partial charge is 0.325 e. The molecule has 6 nitrogen and oxygen atoms in total. The molecule has 0 heterocycles. The molecule has 0 radical (unpaired) electrons. The van der Waals surface area contributed by atoms with Gasteiger partial charge in [0, 0.05) is 28.9 Å². The van der Waals surface area contributed by atoms with Crippen molar-refractivity contribution in [3.63, 3.8) is 0 Å². The number of rotatable bonds is 7. The summed E-state index contributed by atoms with van der Waals surface area (Å²) >= 11 is 6.09. The number of benzene rings is 2. The number of nitrogens with two attached hydrogens (primary N) is 1. The van der Waals surface area contributed by atoms with Crippen LogP contribution in [0, 0.1) is 5.82 Å². The highest BCUT2D eigenvalue weighted by Gasteiger charge is 2.31. The van der Waals surface area contributed by atoms with Crippen LogP contribution in [0.2, 0.25) is 5.02 Å². The monoisotopic (exact) mass is 411 g/mol. The van der Waals surface area contributed by atoms with Crippen LogP contribution in [0.15, 0.2) is 47.4 Å². The molecule has 1 amide bonds. The maximum atomic E-state index is 14.1. The molecule has 144 valence electrons. The van der Waals surface area contributed by atoms with E-state index in [4.69, 9.17) is 16.7 Å². The molecule has 3 rings (SSSR count). The van der Waals surface area contributed by atoms with Crippen LogP contribution in [0.3, 0.4) is 0 Å². The van der Waals surface area contributed by atoms with Crippen molar-refractivity contribution in [1.29, 1.82) is 0 Å². The molecule has 1 fully saturated rings. The number of anilines is 1. The second-order valence-electron chi connectivity index (χ2n) is 6.46. The zero-order chi connectivity index (χ0) is 19.6. The van der Waals surface area contributed by atoms with E-state index in [9.17, 15) is 17.6 Å². The first-order valence-electron chi connectivity index (χ1n) is 8.33. The minimum Gasteiger partial charge on any atom is -0.325 e. The van der Waals surface area contributed by atoms with Crippen LogP contribution < -0.4 is 10.5 Å². The Morgan fingerprint density at radius 2 is 1.96 bits per heavy atom. The van der Waals surface area contributed by atoms with E-state index in [1.54, 1.807) is 12.1 Å². The molecule has 2 aromatic rings. The van der Waals surface area contributed by atoms with Gasteiger partial charge in [-0.15, -0.1) is 0 Å². The van der Waals surface area contributed by atoms with Gasteiger partial charge in [0.2, 0.25) is 15.9 Å². The zero-order valence-corrected chi connectivity index (χ0v) is 15.9. The Morgan fingerprint density at radius 3 is 2.59 bits per heavy atom. The topological polar surface area (TPSA) is 92.5 Å². The highest BCUT2D eigenvalue weighted by molar-refractivity contribution is 7.89. The molecule has 9 heteroatoms. The van der Waals surface area contributed by atoms with Crippen molar-refractivity contribution in [2.45, 2.75) is 30.3 Å². The maximum absolute atomic E-state index is 14.1. The molecule has 1 aliphatic carbocycles. The highest BCUT2D eigenvalue weighted by atomic mass is 35.5. The normalized spacial score (nSPS) is 14.4. The predicted octanol–water partition coefficient (Wildman–Crippen LogP) is 2.73. The van der Waals surface area contributed by atoms with Gasteiger partial charge in [-0.1, -0.05) is 23.7 Å². The molecule has 0 aliphatic heterocycles. The quantitative estimate of drug-likeness (QED) is 0.732. The molecule has 0 saturated heterocycles. The first-order valence-corrected chi connectivity index (χ1v) is 10.3. The molecule has 27 heavy (non-hydrogen) atoms. The summed E-state index contributed by atoms with van der Waals surface area (Å²) in [5, 5.41) is 8.08. The van der Waals surface area contributed by atoms with E-state index < -0.39 is 15.8 Å². The molecule has 0 aromatic heterocycles. The van der Waals surface area contributed by atoms with Crippen molar-refractivity contribution in [1.82, 2.24) is 4.90 Å². The van der Waals surface area contributed by atoms with E-state index in [1.165, 1.54) is 30.3 Å². The van der Waals surface area contributed by atoms with Gasteiger partial charge in [-0.2, -0.15) is 0 Å². The van der Waals surface area contributed by atoms with E-state index >= 15 is 0 Å². The maximum Gasteiger partial charge on any atom is 0.238 e. The van der Waals surface area contributed by atoms with Crippen LogP contribution in [-0.4, -0.2) is 31.8 Å². The van der Waals surface area contributed by atoms with Crippen molar-refractivity contribution in [3.8, 4) is 0 Å². The SMILES string of the molecule is NS(=O)(=O)c1cccc(NC(=O)CN(Cc2c(F)cccc2Cl)C2CC2)c1. The number of carbonyl (C=O) groups is 1. The Labute approximate surface area is 162 Å². The minimum atomic E-state index is -3.86. The van der Waals surface area contributed by atoms with Gasteiger partial charge in [-0.3, -0.25) is 9.69 Å². The summed E-state index contributed by atoms with van der Waals surface area (Å²) in [5.74, 6) is -0.740. The number of hydrogen-bond donors (Lipinski definition) is 2. The van der Waals surface area contributed by atoms with E-state index in [0.29, 0.717) is 16.3 Å². The number of hydrogen-bond acceptors (Lipinski definition) is 4. The van der Waals surface area contributed by atoms with Crippen LogP contribution in [0.25, 0.3) is 0 Å². The van der Waals surface area contributed by atoms with E-state index in [2.05, 4.69) is 5.32 Å². The predicted molar refractivity (Wildman–Crippen MR) is 101 cm³/mol. The van der Waals surface area contributed by atoms with Crippen LogP contribution in [0.5, 0.6) is 0 Å². The third-order valence-electron chi connectivity index (χ3n) is 4.28. The van der Waals surface area contributed by atoms with Crippen LogP contribution in [0.4, 0.5) is 10.1 Å². The number of carbonyl (C=O) groups excluding carboxylic acids is 1. The number of sulfonamides is 1. The average Bonchev–Trinajstić information content (AvgIpc) is 3.41. The number of amides is 1. The molecule has 0 atom stereocenters. The molecule has 0 unspecified atom stereocenters. The molecule has 0 spiro atoms. The van der Waals surface area contributed by atoms with Gasteiger partial charge >= 0.3 is 0 Å². The van der Waals surface area contributed by atoms with Gasteiger partial charge in [-0.25, -0.2) is 17.9 Å². The Hall–Kier alpha value is -2.00. The summed E-state index contributed by atoms with van der Waals surface area (Å²) in [6, 6.07) is 10.4. The molecule has 1 aliphatic rings. The molecule has 1 saturated carbocycles. The van der Waals surface area contributed by atoms with Crippen molar-refractivity contribution < 1.29 is 17.6 Å². The number of halogens is 2. The molecule has 2 aromatic carbocycles. The summed E-state index contributed by atoms with van der Waals surface area (Å²) in [6.45, 7) is 0.260. The average molecular weight is 412 g/mol. The fourth-order valence-electron chi connectivity index (χ4n) is 2.78. The van der Waals surface area contributed by atoms with Crippen molar-refractivity contribution in [2.75, 3.05) is 11.9 Å². The first kappa shape index (κ1) is 19.8. The van der Waals surface area contributed by atoms with Crippen molar-refractivity contribution >= 4 is 33.2 Å². The lowest BCUT2D eigenvalue weighted by molar-refractivity contribution is -0.117. The number of nitrogens with one attached hydrogen (secondary N) is 1. The summed E-state index contributed by atoms with van der Waals surface area (Å²) in [4.78, 5) is 14.2. The van der Waals surface area contributed by atoms with Crippen LogP contribution >= 0.6 is 11.6 Å². The zero-order valence-electron chi connectivity index (χ0n) is 14.4. The van der Waals surface area contributed by atoms with Gasteiger partial charge < -0.3 is 5.32 Å². The molecular formula is C18H19ClFN3O3S. The second kappa shape index (κ2) is 7.93. The smallest absolute Gasteiger partial charge is 0.238 e. The van der Waals surface area contributed by atoms with Crippen LogP contribution in [-0.2, 0) is 21.4 Å². The van der Waals surface area contributed by atoms with Gasteiger partial charge in [-0.05, 0) is 43.2 Å². The third-order valence-corrected chi connectivity index (χ3v) is 5.54. The van der Waals surface area contributed by atoms with Crippen molar-refractivity contribution in [2.24, 2.45) is 5.14 Å². The number of primary sulfonamides is 1. The summed E-state index contributed by atoms with van der Waals surface area (Å²) < 4.78 is 36.9. The second-order valence-corrected chi connectivity index (χ2v) is 8.43. The lowest BCUT2D eigenvalue weighted by atomic mass is 10.2. The van der Waals surface area contributed by atoms with Gasteiger partial charge in [0.1, 0.15) is 5.82 Å². The van der Waals surface area contributed by atoms with Crippen molar-refractivity contribution in [3.05, 3.63) is 58.9 Å². The Morgan fingerprint density at radius 1 is 1.26 bits per heavy atom. The third kappa shape index (κ3) is 5.26. The van der Waals surface area contributed by atoms with E-state index in [-0.39, 0.29) is 29.9 Å². The first-order chi connectivity index (χ1) is 12.7. The molecular weight excluding hydrogens is 393 g/mol. The van der Waals surface area contributed by atoms with Gasteiger partial charge in [0.25, 0.3) is 0 Å². The fraction of sp³-hybridized carbons (Fsp3) is 0.278. The Bertz CT molecular complexity index is 944. The summed E-state index contributed by atoms with van der Waals surface area (Å²) in [6.07, 6.45) is 1.86. The lowest BCUT2D eigenvalue weighted by Crippen LogP contribution is -2.34. The van der Waals surface area contributed by atoms with Gasteiger partial charge in [0.05, 0.1) is 11.4 Å². The van der Waals surface area contributed by atoms with E-state index in [1.807, 2.05) is 4.90 Å². The Kier molecular flexibility index (Phi) is 5.81. The summed E-state index contributed by atoms with van der Waals surface area (Å²) in [5.41, 5.74) is 0.682. The molecule has 0 bridgehead atoms. The minimum absolute atomic E-state index is 0.0366. The number of nitrogens with zero attached hydrogens (tertiary/aromatic N) is 1. The summed E-state index contributed by atoms with van der Waals surface area (Å²) in [7, 11) is -3.86.